The minimum Gasteiger partial charge on any atom is -0.397 e. The summed E-state index contributed by atoms with van der Waals surface area (Å²) in [5.74, 6) is -0.259. The van der Waals surface area contributed by atoms with Crippen molar-refractivity contribution in [3.8, 4) is 0 Å². The van der Waals surface area contributed by atoms with E-state index in [4.69, 9.17) is 17.3 Å². The third kappa shape index (κ3) is 3.08. The molecule has 1 aromatic rings. The fourth-order valence-electron chi connectivity index (χ4n) is 1.85. The Bertz CT molecular complexity index is 520. The highest BCUT2D eigenvalue weighted by Gasteiger charge is 2.26. The standard InChI is InChI=1S/C12H15ClN4O2/c1-16-4-5-17(12(16)19)7-11(18)15-8-2-3-9(13)10(14)6-8/h2-3,6H,4-5,7,14H2,1H3,(H,15,18). The van der Waals surface area contributed by atoms with Gasteiger partial charge in [0.15, 0.2) is 0 Å². The molecule has 3 N–H and O–H groups in total. The average Bonchev–Trinajstić information content (AvgIpc) is 2.66. The summed E-state index contributed by atoms with van der Waals surface area (Å²) >= 11 is 5.79. The van der Waals surface area contributed by atoms with Gasteiger partial charge in [-0.25, -0.2) is 4.79 Å². The summed E-state index contributed by atoms with van der Waals surface area (Å²) in [6.07, 6.45) is 0. The van der Waals surface area contributed by atoms with Crippen molar-refractivity contribution in [1.82, 2.24) is 9.80 Å². The lowest BCUT2D eigenvalue weighted by Crippen LogP contribution is -2.36. The Labute approximate surface area is 116 Å². The molecule has 0 spiro atoms. The van der Waals surface area contributed by atoms with Crippen molar-refractivity contribution in [3.05, 3.63) is 23.2 Å². The van der Waals surface area contributed by atoms with Crippen molar-refractivity contribution in [2.24, 2.45) is 0 Å². The van der Waals surface area contributed by atoms with Gasteiger partial charge in [-0.2, -0.15) is 0 Å². The first-order chi connectivity index (χ1) is 8.97. The van der Waals surface area contributed by atoms with Crippen LogP contribution >= 0.6 is 11.6 Å². The lowest BCUT2D eigenvalue weighted by atomic mass is 10.3. The van der Waals surface area contributed by atoms with Crippen LogP contribution in [0.3, 0.4) is 0 Å². The van der Waals surface area contributed by atoms with Gasteiger partial charge in [-0.05, 0) is 18.2 Å². The fraction of sp³-hybridized carbons (Fsp3) is 0.333. The van der Waals surface area contributed by atoms with Gasteiger partial charge < -0.3 is 20.9 Å². The van der Waals surface area contributed by atoms with Gasteiger partial charge in [-0.15, -0.1) is 0 Å². The second-order valence-electron chi connectivity index (χ2n) is 4.41. The van der Waals surface area contributed by atoms with E-state index in [1.54, 1.807) is 30.1 Å². The molecule has 102 valence electrons. The number of carbonyl (C=O) groups excluding carboxylic acids is 2. The van der Waals surface area contributed by atoms with Crippen molar-refractivity contribution < 1.29 is 9.59 Å². The van der Waals surface area contributed by atoms with Crippen molar-refractivity contribution in [1.29, 1.82) is 0 Å². The molecule has 7 heteroatoms. The lowest BCUT2D eigenvalue weighted by molar-refractivity contribution is -0.116. The molecule has 1 saturated heterocycles. The van der Waals surface area contributed by atoms with Crippen LogP contribution in [0.25, 0.3) is 0 Å². The molecular weight excluding hydrogens is 268 g/mol. The van der Waals surface area contributed by atoms with Gasteiger partial charge in [-0.1, -0.05) is 11.6 Å². The molecule has 0 aromatic heterocycles. The van der Waals surface area contributed by atoms with Gasteiger partial charge in [0.25, 0.3) is 0 Å². The average molecular weight is 283 g/mol. The van der Waals surface area contributed by atoms with Crippen LogP contribution in [-0.2, 0) is 4.79 Å². The minimum atomic E-state index is -0.259. The predicted molar refractivity (Wildman–Crippen MR) is 74.1 cm³/mol. The Morgan fingerprint density at radius 3 is 2.79 bits per heavy atom. The molecule has 1 aromatic carbocycles. The van der Waals surface area contributed by atoms with Crippen LogP contribution in [0.15, 0.2) is 18.2 Å². The van der Waals surface area contributed by atoms with Crippen LogP contribution in [0.1, 0.15) is 0 Å². The van der Waals surface area contributed by atoms with Gasteiger partial charge in [0.2, 0.25) is 5.91 Å². The molecule has 0 saturated carbocycles. The SMILES string of the molecule is CN1CCN(CC(=O)Nc2ccc(Cl)c(N)c2)C1=O. The number of benzene rings is 1. The summed E-state index contributed by atoms with van der Waals surface area (Å²) in [4.78, 5) is 26.5. The summed E-state index contributed by atoms with van der Waals surface area (Å²) in [5.41, 5.74) is 6.61. The number of nitrogen functional groups attached to an aromatic ring is 1. The minimum absolute atomic E-state index is 0.0334. The quantitative estimate of drug-likeness (QED) is 0.819. The van der Waals surface area contributed by atoms with Crippen LogP contribution in [0.2, 0.25) is 5.02 Å². The normalized spacial score (nSPS) is 14.9. The Morgan fingerprint density at radius 1 is 1.47 bits per heavy atom. The molecule has 1 heterocycles. The highest BCUT2D eigenvalue weighted by atomic mass is 35.5. The number of rotatable bonds is 3. The second-order valence-corrected chi connectivity index (χ2v) is 4.82. The summed E-state index contributed by atoms with van der Waals surface area (Å²) < 4.78 is 0. The maximum Gasteiger partial charge on any atom is 0.320 e. The zero-order valence-corrected chi connectivity index (χ0v) is 11.3. The van der Waals surface area contributed by atoms with Crippen LogP contribution < -0.4 is 11.1 Å². The molecular formula is C12H15ClN4O2. The molecule has 0 radical (unpaired) electrons. The first-order valence-corrected chi connectivity index (χ1v) is 6.20. The smallest absolute Gasteiger partial charge is 0.320 e. The van der Waals surface area contributed by atoms with E-state index in [0.717, 1.165) is 0 Å². The molecule has 6 nitrogen and oxygen atoms in total. The molecule has 1 aliphatic rings. The molecule has 19 heavy (non-hydrogen) atoms. The predicted octanol–water partition coefficient (Wildman–Crippen LogP) is 1.23. The van der Waals surface area contributed by atoms with E-state index in [0.29, 0.717) is 29.5 Å². The molecule has 0 aliphatic carbocycles. The maximum atomic E-state index is 11.8. The van der Waals surface area contributed by atoms with E-state index >= 15 is 0 Å². The highest BCUT2D eigenvalue weighted by Crippen LogP contribution is 2.22. The summed E-state index contributed by atoms with van der Waals surface area (Å²) in [6, 6.07) is 4.72. The number of nitrogens with zero attached hydrogens (tertiary/aromatic N) is 2. The zero-order valence-electron chi connectivity index (χ0n) is 10.5. The maximum absolute atomic E-state index is 11.8. The Morgan fingerprint density at radius 2 is 2.21 bits per heavy atom. The summed E-state index contributed by atoms with van der Waals surface area (Å²) in [6.45, 7) is 1.23. The van der Waals surface area contributed by atoms with Crippen molar-refractivity contribution in [2.75, 3.05) is 37.7 Å². The van der Waals surface area contributed by atoms with Crippen molar-refractivity contribution >= 4 is 34.9 Å². The van der Waals surface area contributed by atoms with E-state index in [1.165, 1.54) is 4.90 Å². The molecule has 0 bridgehead atoms. The number of nitrogens with one attached hydrogen (secondary N) is 1. The largest absolute Gasteiger partial charge is 0.397 e. The fourth-order valence-corrected chi connectivity index (χ4v) is 1.96. The van der Waals surface area contributed by atoms with E-state index in [1.807, 2.05) is 0 Å². The van der Waals surface area contributed by atoms with Crippen molar-refractivity contribution in [2.45, 2.75) is 0 Å². The van der Waals surface area contributed by atoms with Crippen LogP contribution in [-0.4, -0.2) is 48.4 Å². The molecule has 3 amide bonds. The first kappa shape index (κ1) is 13.5. The first-order valence-electron chi connectivity index (χ1n) is 5.82. The van der Waals surface area contributed by atoms with E-state index in [-0.39, 0.29) is 18.5 Å². The number of urea groups is 1. The highest BCUT2D eigenvalue weighted by molar-refractivity contribution is 6.33. The monoisotopic (exact) mass is 282 g/mol. The van der Waals surface area contributed by atoms with Crippen LogP contribution in [0.4, 0.5) is 16.2 Å². The Balaban J connectivity index is 1.94. The lowest BCUT2D eigenvalue weighted by Gasteiger charge is -2.15. The number of hydrogen-bond acceptors (Lipinski definition) is 3. The number of halogens is 1. The molecule has 0 atom stereocenters. The third-order valence-corrected chi connectivity index (χ3v) is 3.26. The second kappa shape index (κ2) is 5.36. The number of carbonyl (C=O) groups is 2. The van der Waals surface area contributed by atoms with E-state index in [9.17, 15) is 9.59 Å². The number of nitrogens with two attached hydrogens (primary N) is 1. The third-order valence-electron chi connectivity index (χ3n) is 2.92. The molecule has 2 rings (SSSR count). The topological polar surface area (TPSA) is 78.7 Å². The van der Waals surface area contributed by atoms with Gasteiger partial charge >= 0.3 is 6.03 Å². The van der Waals surface area contributed by atoms with Gasteiger partial charge in [-0.3, -0.25) is 4.79 Å². The number of amides is 3. The Hall–Kier alpha value is -1.95. The van der Waals surface area contributed by atoms with E-state index < -0.39 is 0 Å². The number of hydrogen-bond donors (Lipinski definition) is 2. The summed E-state index contributed by atoms with van der Waals surface area (Å²) in [7, 11) is 1.71. The van der Waals surface area contributed by atoms with E-state index in [2.05, 4.69) is 5.32 Å². The van der Waals surface area contributed by atoms with Crippen molar-refractivity contribution in [3.63, 3.8) is 0 Å². The summed E-state index contributed by atoms with van der Waals surface area (Å²) in [5, 5.41) is 3.12. The van der Waals surface area contributed by atoms with Gasteiger partial charge in [0.1, 0.15) is 6.54 Å². The molecule has 1 fully saturated rings. The molecule has 1 aliphatic heterocycles. The van der Waals surface area contributed by atoms with Gasteiger partial charge in [0.05, 0.1) is 10.7 Å². The number of likely N-dealkylation sites (N-methyl/N-ethyl adjacent to an activating group) is 1. The number of anilines is 2. The van der Waals surface area contributed by atoms with Gasteiger partial charge in [0, 0.05) is 25.8 Å². The molecule has 0 unspecified atom stereocenters. The Kier molecular flexibility index (Phi) is 3.80. The van der Waals surface area contributed by atoms with Crippen LogP contribution in [0.5, 0.6) is 0 Å². The zero-order chi connectivity index (χ0) is 14.0. The van der Waals surface area contributed by atoms with Crippen LogP contribution in [0, 0.1) is 0 Å².